The summed E-state index contributed by atoms with van der Waals surface area (Å²) in [6.45, 7) is 4.57. The molecule has 0 spiro atoms. The van der Waals surface area contributed by atoms with E-state index in [-0.39, 0.29) is 0 Å². The minimum atomic E-state index is -0.619. The minimum Gasteiger partial charge on any atom is -0.379 e. The average Bonchev–Trinajstić information content (AvgIpc) is 2.70. The van der Waals surface area contributed by atoms with E-state index >= 15 is 0 Å². The lowest BCUT2D eigenvalue weighted by atomic mass is 9.91. The van der Waals surface area contributed by atoms with Gasteiger partial charge in [0.15, 0.2) is 0 Å². The molecule has 0 aromatic carbocycles. The van der Waals surface area contributed by atoms with Crippen molar-refractivity contribution in [3.05, 3.63) is 0 Å². The Morgan fingerprint density at radius 3 is 1.03 bits per heavy atom. The maximum atomic E-state index is 9.62. The number of unbranched alkanes of at least 4 members (excludes halogenated alkanes) is 18. The SMILES string of the molecule is CCCCCCCCCCCCC(CCCCCCCCCCCC)CC(N)O. The van der Waals surface area contributed by atoms with Crippen LogP contribution >= 0.6 is 0 Å². The summed E-state index contributed by atoms with van der Waals surface area (Å²) in [7, 11) is 0. The molecule has 0 aliphatic carbocycles. The fraction of sp³-hybridized carbons (Fsp3) is 1.00. The fourth-order valence-electron chi connectivity index (χ4n) is 4.56. The first-order valence-corrected chi connectivity index (χ1v) is 13.6. The Balaban J connectivity index is 3.55. The van der Waals surface area contributed by atoms with Crippen LogP contribution in [0.5, 0.6) is 0 Å². The smallest absolute Gasteiger partial charge is 0.102 e. The van der Waals surface area contributed by atoms with E-state index in [2.05, 4.69) is 13.8 Å². The van der Waals surface area contributed by atoms with Crippen LogP contribution in [0.1, 0.15) is 162 Å². The summed E-state index contributed by atoms with van der Waals surface area (Å²) >= 11 is 0. The number of hydrogen-bond acceptors (Lipinski definition) is 2. The third-order valence-electron chi connectivity index (χ3n) is 6.51. The quantitative estimate of drug-likeness (QED) is 0.123. The predicted octanol–water partition coefficient (Wildman–Crippen LogP) is 8.89. The third kappa shape index (κ3) is 24.1. The van der Waals surface area contributed by atoms with Crippen LogP contribution in [-0.2, 0) is 0 Å². The van der Waals surface area contributed by atoms with Crippen LogP contribution in [0.4, 0.5) is 0 Å². The Morgan fingerprint density at radius 1 is 0.483 bits per heavy atom. The van der Waals surface area contributed by atoms with Crippen molar-refractivity contribution in [2.24, 2.45) is 11.7 Å². The van der Waals surface area contributed by atoms with Gasteiger partial charge in [0.05, 0.1) is 0 Å². The summed E-state index contributed by atoms with van der Waals surface area (Å²) in [4.78, 5) is 0. The van der Waals surface area contributed by atoms with Crippen molar-refractivity contribution in [1.29, 1.82) is 0 Å². The van der Waals surface area contributed by atoms with Crippen molar-refractivity contribution in [1.82, 2.24) is 0 Å². The first-order chi connectivity index (χ1) is 14.2. The molecule has 0 aromatic rings. The molecule has 0 saturated heterocycles. The van der Waals surface area contributed by atoms with E-state index in [1.165, 1.54) is 141 Å². The standard InChI is InChI=1S/C27H57NO/c1-3-5-7-9-11-13-15-17-19-21-23-26(25-27(28)29)24-22-20-18-16-14-12-10-8-6-4-2/h26-27,29H,3-25,28H2,1-2H3. The monoisotopic (exact) mass is 411 g/mol. The molecular weight excluding hydrogens is 354 g/mol. The average molecular weight is 412 g/mol. The Kier molecular flexibility index (Phi) is 24.1. The molecule has 0 saturated carbocycles. The molecule has 3 N–H and O–H groups in total. The van der Waals surface area contributed by atoms with Gasteiger partial charge in [-0.25, -0.2) is 0 Å². The normalized spacial score (nSPS) is 12.7. The van der Waals surface area contributed by atoms with Gasteiger partial charge < -0.3 is 10.8 Å². The molecule has 0 aliphatic rings. The molecule has 0 bridgehead atoms. The molecule has 2 heteroatoms. The largest absolute Gasteiger partial charge is 0.379 e. The van der Waals surface area contributed by atoms with Gasteiger partial charge in [0.1, 0.15) is 6.23 Å². The Hall–Kier alpha value is -0.0800. The van der Waals surface area contributed by atoms with Gasteiger partial charge in [0, 0.05) is 0 Å². The molecule has 0 rings (SSSR count). The van der Waals surface area contributed by atoms with Crippen LogP contribution < -0.4 is 5.73 Å². The molecule has 2 nitrogen and oxygen atoms in total. The van der Waals surface area contributed by atoms with E-state index in [0.717, 1.165) is 6.42 Å². The molecule has 1 unspecified atom stereocenters. The number of nitrogens with two attached hydrogens (primary N) is 1. The van der Waals surface area contributed by atoms with Crippen LogP contribution in [-0.4, -0.2) is 11.3 Å². The summed E-state index contributed by atoms with van der Waals surface area (Å²) in [5.74, 6) is 0.637. The lowest BCUT2D eigenvalue weighted by molar-refractivity contribution is 0.141. The zero-order chi connectivity index (χ0) is 21.4. The van der Waals surface area contributed by atoms with E-state index < -0.39 is 6.23 Å². The van der Waals surface area contributed by atoms with Crippen LogP contribution in [0.25, 0.3) is 0 Å². The molecule has 0 aromatic heterocycles. The van der Waals surface area contributed by atoms with Gasteiger partial charge in [-0.2, -0.15) is 0 Å². The first-order valence-electron chi connectivity index (χ1n) is 13.6. The number of aliphatic hydroxyl groups excluding tert-OH is 1. The van der Waals surface area contributed by atoms with Crippen LogP contribution in [0.3, 0.4) is 0 Å². The highest BCUT2D eigenvalue weighted by Crippen LogP contribution is 2.23. The van der Waals surface area contributed by atoms with E-state index in [9.17, 15) is 5.11 Å². The van der Waals surface area contributed by atoms with Gasteiger partial charge in [-0.1, -0.05) is 155 Å². The van der Waals surface area contributed by atoms with Gasteiger partial charge in [0.2, 0.25) is 0 Å². The number of hydrogen-bond donors (Lipinski definition) is 2. The van der Waals surface area contributed by atoms with Gasteiger partial charge >= 0.3 is 0 Å². The van der Waals surface area contributed by atoms with E-state index in [0.29, 0.717) is 5.92 Å². The maximum Gasteiger partial charge on any atom is 0.102 e. The molecule has 0 radical (unpaired) electrons. The third-order valence-corrected chi connectivity index (χ3v) is 6.51. The second-order valence-corrected chi connectivity index (χ2v) is 9.61. The van der Waals surface area contributed by atoms with E-state index in [1.54, 1.807) is 0 Å². The summed E-state index contributed by atoms with van der Waals surface area (Å²) in [5, 5.41) is 9.62. The van der Waals surface area contributed by atoms with Crippen molar-refractivity contribution >= 4 is 0 Å². The summed E-state index contributed by atoms with van der Waals surface area (Å²) < 4.78 is 0. The van der Waals surface area contributed by atoms with Gasteiger partial charge in [-0.15, -0.1) is 0 Å². The van der Waals surface area contributed by atoms with Crippen molar-refractivity contribution < 1.29 is 5.11 Å². The number of aliphatic hydroxyl groups is 1. The second-order valence-electron chi connectivity index (χ2n) is 9.61. The molecule has 29 heavy (non-hydrogen) atoms. The summed E-state index contributed by atoms with van der Waals surface area (Å²) in [6, 6.07) is 0. The highest BCUT2D eigenvalue weighted by atomic mass is 16.3. The zero-order valence-corrected chi connectivity index (χ0v) is 20.4. The summed E-state index contributed by atoms with van der Waals surface area (Å²) in [6.07, 6.45) is 30.6. The Morgan fingerprint density at radius 2 is 0.759 bits per heavy atom. The Labute approximate surface area is 184 Å². The number of rotatable bonds is 24. The molecule has 0 amide bonds. The lowest BCUT2D eigenvalue weighted by Crippen LogP contribution is -2.22. The predicted molar refractivity (Wildman–Crippen MR) is 131 cm³/mol. The van der Waals surface area contributed by atoms with E-state index in [1.807, 2.05) is 0 Å². The highest BCUT2D eigenvalue weighted by Gasteiger charge is 2.11. The van der Waals surface area contributed by atoms with Crippen LogP contribution in [0.15, 0.2) is 0 Å². The second kappa shape index (κ2) is 24.2. The molecule has 1 atom stereocenters. The van der Waals surface area contributed by atoms with Gasteiger partial charge in [-0.3, -0.25) is 0 Å². The Bertz CT molecular complexity index is 268. The lowest BCUT2D eigenvalue weighted by Gasteiger charge is -2.18. The van der Waals surface area contributed by atoms with Crippen molar-refractivity contribution in [2.45, 2.75) is 168 Å². The first kappa shape index (κ1) is 28.9. The minimum absolute atomic E-state index is 0.619. The van der Waals surface area contributed by atoms with Crippen molar-refractivity contribution in [3.8, 4) is 0 Å². The molecule has 0 aliphatic heterocycles. The van der Waals surface area contributed by atoms with E-state index in [4.69, 9.17) is 5.73 Å². The van der Waals surface area contributed by atoms with Crippen molar-refractivity contribution in [2.75, 3.05) is 0 Å². The molecular formula is C27H57NO. The van der Waals surface area contributed by atoms with Gasteiger partial charge in [0.25, 0.3) is 0 Å². The fourth-order valence-corrected chi connectivity index (χ4v) is 4.56. The van der Waals surface area contributed by atoms with Crippen LogP contribution in [0, 0.1) is 5.92 Å². The van der Waals surface area contributed by atoms with Gasteiger partial charge in [-0.05, 0) is 12.3 Å². The molecule has 0 heterocycles. The topological polar surface area (TPSA) is 46.2 Å². The molecule has 0 fully saturated rings. The van der Waals surface area contributed by atoms with Crippen LogP contribution in [0.2, 0.25) is 0 Å². The zero-order valence-electron chi connectivity index (χ0n) is 20.4. The highest BCUT2D eigenvalue weighted by molar-refractivity contribution is 4.64. The van der Waals surface area contributed by atoms with Crippen molar-refractivity contribution in [3.63, 3.8) is 0 Å². The molecule has 176 valence electrons. The maximum absolute atomic E-state index is 9.62. The summed E-state index contributed by atoms with van der Waals surface area (Å²) in [5.41, 5.74) is 5.69.